The maximum Gasteiger partial charge on any atom is 0.313 e. The van der Waals surface area contributed by atoms with Crippen LogP contribution in [0, 0.1) is 0 Å². The number of allylic oxidation sites excluding steroid dienone is 3. The van der Waals surface area contributed by atoms with Crippen LogP contribution in [0.2, 0.25) is 0 Å². The van der Waals surface area contributed by atoms with E-state index in [0.29, 0.717) is 12.2 Å². The number of hydrogen-bond acceptors (Lipinski definition) is 3. The molecule has 0 aliphatic heterocycles. The molecular weight excluding hydrogens is 260 g/mol. The van der Waals surface area contributed by atoms with Crippen LogP contribution >= 0.6 is 0 Å². The average molecular weight is 278 g/mol. The topological polar surface area (TPSA) is 43.4 Å². The first kappa shape index (κ1) is 15.9. The Kier molecular flexibility index (Phi) is 5.05. The molecule has 3 nitrogen and oxygen atoms in total. The van der Waals surface area contributed by atoms with E-state index in [9.17, 15) is 8.42 Å². The molecule has 5 heteroatoms. The van der Waals surface area contributed by atoms with Gasteiger partial charge in [0, 0.05) is 28.1 Å². The van der Waals surface area contributed by atoms with Gasteiger partial charge in [0.15, 0.2) is 0 Å². The second-order valence-electron chi connectivity index (χ2n) is 4.79. The van der Waals surface area contributed by atoms with Crippen molar-refractivity contribution in [2.24, 2.45) is 0 Å². The summed E-state index contributed by atoms with van der Waals surface area (Å²) in [6.07, 6.45) is 2.55. The summed E-state index contributed by atoms with van der Waals surface area (Å²) in [5, 5.41) is 0. The van der Waals surface area contributed by atoms with Crippen molar-refractivity contribution in [2.45, 2.75) is 45.8 Å². The summed E-state index contributed by atoms with van der Waals surface area (Å²) >= 11 is 0. The molecule has 16 heavy (non-hydrogen) atoms. The molecule has 0 radical (unpaired) electrons. The van der Waals surface area contributed by atoms with Crippen molar-refractivity contribution in [1.29, 1.82) is 0 Å². The first-order valence-corrected chi connectivity index (χ1v) is 6.37. The van der Waals surface area contributed by atoms with Crippen molar-refractivity contribution in [3.8, 4) is 0 Å². The third-order valence-electron chi connectivity index (χ3n) is 2.56. The van der Waals surface area contributed by atoms with Gasteiger partial charge < -0.3 is 4.18 Å². The van der Waals surface area contributed by atoms with Gasteiger partial charge in [-0.2, -0.15) is 8.42 Å². The molecule has 0 aromatic heterocycles. The van der Waals surface area contributed by atoms with Crippen molar-refractivity contribution in [2.75, 3.05) is 0 Å². The molecule has 0 fully saturated rings. The predicted octanol–water partition coefficient (Wildman–Crippen LogP) is 2.75. The van der Waals surface area contributed by atoms with Gasteiger partial charge in [-0.1, -0.05) is 6.08 Å². The summed E-state index contributed by atoms with van der Waals surface area (Å²) in [7, 11) is -3.53. The minimum Gasteiger partial charge on any atom is -0.386 e. The van der Waals surface area contributed by atoms with Gasteiger partial charge >= 0.3 is 10.1 Å². The van der Waals surface area contributed by atoms with Crippen LogP contribution in [-0.4, -0.2) is 13.2 Å². The van der Waals surface area contributed by atoms with Crippen LogP contribution in [0.5, 0.6) is 0 Å². The summed E-state index contributed by atoms with van der Waals surface area (Å²) in [6, 6.07) is 0. The van der Waals surface area contributed by atoms with Gasteiger partial charge in [0.2, 0.25) is 0 Å². The van der Waals surface area contributed by atoms with Gasteiger partial charge in [-0.05, 0) is 45.8 Å². The van der Waals surface area contributed by atoms with Gasteiger partial charge in [0.1, 0.15) is 5.76 Å². The van der Waals surface area contributed by atoms with Crippen LogP contribution in [0.15, 0.2) is 23.0 Å². The van der Waals surface area contributed by atoms with Crippen molar-refractivity contribution in [3.63, 3.8) is 0 Å². The molecule has 90 valence electrons. The second-order valence-corrected chi connectivity index (χ2v) is 7.09. The van der Waals surface area contributed by atoms with Crippen LogP contribution < -0.4 is 0 Å². The van der Waals surface area contributed by atoms with E-state index in [-0.39, 0.29) is 21.7 Å². The molecule has 0 saturated carbocycles. The van der Waals surface area contributed by atoms with Crippen LogP contribution in [0.3, 0.4) is 0 Å². The second kappa shape index (κ2) is 5.07. The molecule has 0 aromatic carbocycles. The summed E-state index contributed by atoms with van der Waals surface area (Å²) in [5.74, 6) is 0.558. The zero-order valence-electron chi connectivity index (χ0n) is 10.4. The van der Waals surface area contributed by atoms with Gasteiger partial charge in [-0.25, -0.2) is 0 Å². The minimum atomic E-state index is -3.53. The molecule has 0 N–H and O–H groups in total. The number of hydrogen-bond donors (Lipinski definition) is 0. The Morgan fingerprint density at radius 3 is 2.06 bits per heavy atom. The van der Waals surface area contributed by atoms with Crippen molar-refractivity contribution in [1.82, 2.24) is 0 Å². The quantitative estimate of drug-likeness (QED) is 0.576. The van der Waals surface area contributed by atoms with Crippen molar-refractivity contribution in [3.05, 3.63) is 23.0 Å². The third-order valence-corrected chi connectivity index (χ3v) is 4.48. The SMILES string of the molecule is CC1=CCC(OS(=O)(=O)C(C)(C)C)=C1C.[Ti]. The monoisotopic (exact) mass is 278 g/mol. The fourth-order valence-corrected chi connectivity index (χ4v) is 1.83. The molecule has 1 aliphatic rings. The first-order valence-electron chi connectivity index (χ1n) is 4.96. The van der Waals surface area contributed by atoms with Crippen LogP contribution in [0.1, 0.15) is 41.0 Å². The normalized spacial score (nSPS) is 16.9. The zero-order valence-corrected chi connectivity index (χ0v) is 12.8. The largest absolute Gasteiger partial charge is 0.386 e. The van der Waals surface area contributed by atoms with Gasteiger partial charge in [0.25, 0.3) is 0 Å². The van der Waals surface area contributed by atoms with Gasteiger partial charge in [-0.15, -0.1) is 0 Å². The van der Waals surface area contributed by atoms with Gasteiger partial charge in [-0.3, -0.25) is 0 Å². The maximum absolute atomic E-state index is 11.8. The minimum absolute atomic E-state index is 0. The summed E-state index contributed by atoms with van der Waals surface area (Å²) in [5.41, 5.74) is 2.02. The van der Waals surface area contributed by atoms with E-state index in [4.69, 9.17) is 4.18 Å². The van der Waals surface area contributed by atoms with Gasteiger partial charge in [0.05, 0.1) is 4.75 Å². The fraction of sp³-hybridized carbons (Fsp3) is 0.636. The molecular formula is C11H18O3STi. The molecule has 0 amide bonds. The molecule has 0 unspecified atom stereocenters. The Hall–Kier alpha value is -0.0557. The first-order chi connectivity index (χ1) is 6.65. The molecule has 1 aliphatic carbocycles. The summed E-state index contributed by atoms with van der Waals surface area (Å²) in [6.45, 7) is 8.73. The Morgan fingerprint density at radius 2 is 1.75 bits per heavy atom. The smallest absolute Gasteiger partial charge is 0.313 e. The summed E-state index contributed by atoms with van der Waals surface area (Å²) < 4.78 is 27.8. The Bertz CT molecular complexity index is 425. The van der Waals surface area contributed by atoms with E-state index < -0.39 is 14.9 Å². The van der Waals surface area contributed by atoms with Crippen molar-refractivity contribution < 1.29 is 34.3 Å². The molecule has 0 heterocycles. The standard InChI is InChI=1S/C11H18O3S.Ti/c1-8-6-7-10(9(8)2)14-15(12,13)11(3,4)5;/h6H,7H2,1-5H3;. The van der Waals surface area contributed by atoms with Crippen LogP contribution in [0.4, 0.5) is 0 Å². The number of rotatable bonds is 2. The van der Waals surface area contributed by atoms with E-state index in [1.807, 2.05) is 19.9 Å². The Balaban J connectivity index is 0.00000225. The zero-order chi connectivity index (χ0) is 11.9. The Morgan fingerprint density at radius 1 is 1.25 bits per heavy atom. The third kappa shape index (κ3) is 3.22. The molecule has 0 aromatic rings. The van der Waals surface area contributed by atoms with E-state index >= 15 is 0 Å². The molecule has 0 atom stereocenters. The average Bonchev–Trinajstić information content (AvgIpc) is 2.33. The molecule has 1 rings (SSSR count). The van der Waals surface area contributed by atoms with E-state index in [1.165, 1.54) is 0 Å². The van der Waals surface area contributed by atoms with E-state index in [1.54, 1.807) is 20.8 Å². The van der Waals surface area contributed by atoms with Crippen LogP contribution in [0.25, 0.3) is 0 Å². The predicted molar refractivity (Wildman–Crippen MR) is 60.8 cm³/mol. The Labute approximate surface area is 113 Å². The fourth-order valence-electron chi connectivity index (χ4n) is 1.13. The maximum atomic E-state index is 11.8. The summed E-state index contributed by atoms with van der Waals surface area (Å²) in [4.78, 5) is 0. The van der Waals surface area contributed by atoms with Crippen LogP contribution in [-0.2, 0) is 36.0 Å². The van der Waals surface area contributed by atoms with E-state index in [0.717, 1.165) is 11.1 Å². The molecule has 0 spiro atoms. The van der Waals surface area contributed by atoms with Crippen molar-refractivity contribution >= 4 is 10.1 Å². The molecule has 0 saturated heterocycles. The molecule has 0 bridgehead atoms. The van der Waals surface area contributed by atoms with E-state index in [2.05, 4.69) is 0 Å².